The number of carbonyl (C=O) groups is 2. The minimum absolute atomic E-state index is 0.0114. The molecular formula is C29H26N4O4. The Bertz CT molecular complexity index is 1470. The van der Waals surface area contributed by atoms with Gasteiger partial charge < -0.3 is 24.4 Å². The van der Waals surface area contributed by atoms with Gasteiger partial charge in [0.05, 0.1) is 13.4 Å². The van der Waals surface area contributed by atoms with Gasteiger partial charge in [0.25, 0.3) is 11.8 Å². The van der Waals surface area contributed by atoms with Gasteiger partial charge in [-0.15, -0.1) is 0 Å². The van der Waals surface area contributed by atoms with Gasteiger partial charge >= 0.3 is 0 Å². The maximum Gasteiger partial charge on any atom is 0.291 e. The average Bonchev–Trinajstić information content (AvgIpc) is 3.55. The minimum atomic E-state index is -0.466. The summed E-state index contributed by atoms with van der Waals surface area (Å²) in [4.78, 5) is 24.8. The monoisotopic (exact) mass is 494 g/mol. The number of carbonyl (C=O) groups excluding carboxylic acids is 2. The molecule has 0 spiro atoms. The number of furan rings is 1. The smallest absolute Gasteiger partial charge is 0.291 e. The summed E-state index contributed by atoms with van der Waals surface area (Å²) in [5, 5.41) is 15.2. The van der Waals surface area contributed by atoms with E-state index in [-0.39, 0.29) is 23.8 Å². The van der Waals surface area contributed by atoms with Crippen molar-refractivity contribution < 1.29 is 18.7 Å². The summed E-state index contributed by atoms with van der Waals surface area (Å²) >= 11 is 0. The summed E-state index contributed by atoms with van der Waals surface area (Å²) in [5.74, 6) is 0.174. The fraction of sp³-hybridized carbons (Fsp3) is 0.138. The Morgan fingerprint density at radius 1 is 1.08 bits per heavy atom. The number of hydrogen-bond donors (Lipinski definition) is 2. The Morgan fingerprint density at radius 3 is 2.43 bits per heavy atom. The molecule has 37 heavy (non-hydrogen) atoms. The molecule has 186 valence electrons. The second-order valence-corrected chi connectivity index (χ2v) is 8.34. The first-order valence-electron chi connectivity index (χ1n) is 11.6. The number of aryl methyl sites for hydroxylation is 1. The molecule has 0 bridgehead atoms. The molecule has 4 aromatic rings. The summed E-state index contributed by atoms with van der Waals surface area (Å²) in [5.41, 5.74) is 5.07. The number of amides is 2. The molecule has 0 saturated heterocycles. The van der Waals surface area contributed by atoms with Crippen LogP contribution in [-0.4, -0.2) is 23.5 Å². The molecule has 0 unspecified atom stereocenters. The van der Waals surface area contributed by atoms with Crippen molar-refractivity contribution in [1.82, 2.24) is 9.88 Å². The molecule has 2 N–H and O–H groups in total. The molecule has 0 aliphatic rings. The lowest BCUT2D eigenvalue weighted by atomic mass is 10.1. The Kier molecular flexibility index (Phi) is 7.55. The molecule has 2 heterocycles. The Morgan fingerprint density at radius 2 is 1.81 bits per heavy atom. The fourth-order valence-corrected chi connectivity index (χ4v) is 3.95. The first-order chi connectivity index (χ1) is 17.9. The van der Waals surface area contributed by atoms with E-state index < -0.39 is 5.91 Å². The maximum absolute atomic E-state index is 12.7. The van der Waals surface area contributed by atoms with Crippen LogP contribution in [0.4, 0.5) is 5.69 Å². The second-order valence-electron chi connectivity index (χ2n) is 8.34. The van der Waals surface area contributed by atoms with Crippen LogP contribution in [0.5, 0.6) is 5.75 Å². The SMILES string of the molecule is COc1ccc(-n2c(C)cc(/C=C(\C#N)C(=O)NCc3ccc(NC(=O)c4ccco4)cc3)c2C)cc1. The fourth-order valence-electron chi connectivity index (χ4n) is 3.95. The molecule has 8 nitrogen and oxygen atoms in total. The molecular weight excluding hydrogens is 468 g/mol. The molecule has 0 aliphatic carbocycles. The molecule has 0 fully saturated rings. The van der Waals surface area contributed by atoms with Gasteiger partial charge in [0, 0.05) is 29.3 Å². The van der Waals surface area contributed by atoms with Crippen LogP contribution in [0.1, 0.15) is 33.1 Å². The minimum Gasteiger partial charge on any atom is -0.497 e. The predicted molar refractivity (Wildman–Crippen MR) is 140 cm³/mol. The van der Waals surface area contributed by atoms with E-state index in [4.69, 9.17) is 9.15 Å². The average molecular weight is 495 g/mol. The second kappa shape index (κ2) is 11.1. The molecule has 2 aromatic carbocycles. The lowest BCUT2D eigenvalue weighted by molar-refractivity contribution is -0.117. The maximum atomic E-state index is 12.7. The van der Waals surface area contributed by atoms with Crippen molar-refractivity contribution in [2.75, 3.05) is 12.4 Å². The van der Waals surface area contributed by atoms with Gasteiger partial charge in [-0.25, -0.2) is 0 Å². The summed E-state index contributed by atoms with van der Waals surface area (Å²) in [6, 6.07) is 21.9. The number of anilines is 1. The molecule has 2 aromatic heterocycles. The van der Waals surface area contributed by atoms with E-state index in [0.29, 0.717) is 5.69 Å². The number of rotatable bonds is 8. The first kappa shape index (κ1) is 25.1. The van der Waals surface area contributed by atoms with Gasteiger partial charge in [0.1, 0.15) is 17.4 Å². The van der Waals surface area contributed by atoms with E-state index in [2.05, 4.69) is 15.2 Å². The van der Waals surface area contributed by atoms with E-state index >= 15 is 0 Å². The molecule has 0 aliphatic heterocycles. The zero-order valence-electron chi connectivity index (χ0n) is 20.7. The highest BCUT2D eigenvalue weighted by Gasteiger charge is 2.14. The van der Waals surface area contributed by atoms with Crippen molar-refractivity contribution in [2.45, 2.75) is 20.4 Å². The Balaban J connectivity index is 1.42. The zero-order valence-corrected chi connectivity index (χ0v) is 20.7. The van der Waals surface area contributed by atoms with Crippen molar-refractivity contribution in [3.8, 4) is 17.5 Å². The van der Waals surface area contributed by atoms with Crippen LogP contribution in [0.15, 0.2) is 83.0 Å². The Hall–Kier alpha value is -5.03. The predicted octanol–water partition coefficient (Wildman–Crippen LogP) is 5.17. The number of hydrogen-bond acceptors (Lipinski definition) is 5. The molecule has 4 rings (SSSR count). The van der Waals surface area contributed by atoms with E-state index in [9.17, 15) is 14.9 Å². The summed E-state index contributed by atoms with van der Waals surface area (Å²) in [6.45, 7) is 4.15. The van der Waals surface area contributed by atoms with E-state index in [1.54, 1.807) is 49.6 Å². The Labute approximate surface area is 214 Å². The van der Waals surface area contributed by atoms with Gasteiger partial charge in [-0.1, -0.05) is 12.1 Å². The van der Waals surface area contributed by atoms with E-state index in [1.807, 2.05) is 50.2 Å². The molecule has 8 heteroatoms. The van der Waals surface area contributed by atoms with Crippen molar-refractivity contribution >= 4 is 23.6 Å². The van der Waals surface area contributed by atoms with Crippen molar-refractivity contribution in [2.24, 2.45) is 0 Å². The standard InChI is InChI=1S/C29H26N4O4/c1-19-15-22(20(2)33(19)25-10-12-26(36-3)13-11-25)16-23(17-30)28(34)31-18-21-6-8-24(9-7-21)32-29(35)27-5-4-14-37-27/h4-16H,18H2,1-3H3,(H,31,34)(H,32,35)/b23-16+. The molecule has 0 radical (unpaired) electrons. The highest BCUT2D eigenvalue weighted by molar-refractivity contribution is 6.02. The largest absolute Gasteiger partial charge is 0.497 e. The van der Waals surface area contributed by atoms with Crippen LogP contribution in [0, 0.1) is 25.2 Å². The van der Waals surface area contributed by atoms with Crippen LogP contribution in [0.25, 0.3) is 11.8 Å². The highest BCUT2D eigenvalue weighted by atomic mass is 16.5. The van der Waals surface area contributed by atoms with Crippen LogP contribution in [-0.2, 0) is 11.3 Å². The van der Waals surface area contributed by atoms with Crippen molar-refractivity contribution in [1.29, 1.82) is 5.26 Å². The molecule has 0 saturated carbocycles. The lowest BCUT2D eigenvalue weighted by Crippen LogP contribution is -2.24. The van der Waals surface area contributed by atoms with Crippen molar-refractivity contribution in [3.63, 3.8) is 0 Å². The van der Waals surface area contributed by atoms with Gasteiger partial charge in [-0.3, -0.25) is 9.59 Å². The van der Waals surface area contributed by atoms with Crippen LogP contribution in [0.3, 0.4) is 0 Å². The van der Waals surface area contributed by atoms with Gasteiger partial charge in [0.15, 0.2) is 5.76 Å². The number of nitrogens with zero attached hydrogens (tertiary/aromatic N) is 2. The molecule has 2 amide bonds. The molecule has 0 atom stereocenters. The number of nitrogens with one attached hydrogen (secondary N) is 2. The van der Waals surface area contributed by atoms with Gasteiger partial charge in [-0.2, -0.15) is 5.26 Å². The first-order valence-corrected chi connectivity index (χ1v) is 11.6. The van der Waals surface area contributed by atoms with Gasteiger partial charge in [-0.05, 0) is 85.6 Å². The van der Waals surface area contributed by atoms with Crippen molar-refractivity contribution in [3.05, 3.63) is 107 Å². The summed E-state index contributed by atoms with van der Waals surface area (Å²) < 4.78 is 12.4. The lowest BCUT2D eigenvalue weighted by Gasteiger charge is -2.10. The topological polar surface area (TPSA) is 109 Å². The highest BCUT2D eigenvalue weighted by Crippen LogP contribution is 2.24. The normalized spacial score (nSPS) is 11.0. The quantitative estimate of drug-likeness (QED) is 0.259. The third kappa shape index (κ3) is 5.80. The summed E-state index contributed by atoms with van der Waals surface area (Å²) in [7, 11) is 1.62. The van der Waals surface area contributed by atoms with Crippen LogP contribution in [0.2, 0.25) is 0 Å². The number of benzene rings is 2. The number of methoxy groups -OCH3 is 1. The summed E-state index contributed by atoms with van der Waals surface area (Å²) in [6.07, 6.45) is 3.04. The third-order valence-electron chi connectivity index (χ3n) is 5.88. The zero-order chi connectivity index (χ0) is 26.4. The van der Waals surface area contributed by atoms with E-state index in [1.165, 1.54) is 6.26 Å². The van der Waals surface area contributed by atoms with E-state index in [0.717, 1.165) is 34.0 Å². The number of aromatic nitrogens is 1. The number of nitriles is 1. The van der Waals surface area contributed by atoms with Gasteiger partial charge in [0.2, 0.25) is 0 Å². The van der Waals surface area contributed by atoms with Crippen LogP contribution < -0.4 is 15.4 Å². The van der Waals surface area contributed by atoms with Crippen LogP contribution >= 0.6 is 0 Å². The third-order valence-corrected chi connectivity index (χ3v) is 5.88. The number of ether oxygens (including phenoxy) is 1.